The van der Waals surface area contributed by atoms with Crippen LogP contribution in [0.25, 0.3) is 0 Å². The van der Waals surface area contributed by atoms with Crippen LogP contribution in [0.2, 0.25) is 0 Å². The molecule has 0 fully saturated rings. The number of ether oxygens (including phenoxy) is 2. The van der Waals surface area contributed by atoms with Crippen LogP contribution in [-0.4, -0.2) is 59.8 Å². The quantitative estimate of drug-likeness (QED) is 0.224. The van der Waals surface area contributed by atoms with Gasteiger partial charge in [-0.2, -0.15) is 0 Å². The average Bonchev–Trinajstić information content (AvgIpc) is 2.68. The van der Waals surface area contributed by atoms with E-state index in [1.807, 2.05) is 20.8 Å². The molecule has 0 spiro atoms. The van der Waals surface area contributed by atoms with Crippen LogP contribution in [-0.2, 0) is 35.1 Å². The zero-order chi connectivity index (χ0) is 24.7. The van der Waals surface area contributed by atoms with Gasteiger partial charge in [0.1, 0.15) is 17.4 Å². The average molecular weight is 455 g/mol. The van der Waals surface area contributed by atoms with Crippen molar-refractivity contribution in [2.24, 2.45) is 0 Å². The van der Waals surface area contributed by atoms with Crippen molar-refractivity contribution >= 4 is 30.0 Å². The molecule has 0 aliphatic carbocycles. The van der Waals surface area contributed by atoms with E-state index in [9.17, 15) is 24.3 Å². The summed E-state index contributed by atoms with van der Waals surface area (Å²) in [6.07, 6.45) is 0.491. The third-order valence-corrected chi connectivity index (χ3v) is 3.89. The Balaban J connectivity index is 0.00000118. The molecule has 0 bridgehead atoms. The first kappa shape index (κ1) is 28.9. The number of nitrogens with one attached hydrogen (secondary N) is 2. The number of hydrogen-bond acceptors (Lipinski definition) is 8. The molecule has 0 radical (unpaired) electrons. The van der Waals surface area contributed by atoms with Gasteiger partial charge >= 0.3 is 11.9 Å². The summed E-state index contributed by atoms with van der Waals surface area (Å²) < 4.78 is 9.53. The number of carboxylic acid groups (broad SMARTS) is 1. The Morgan fingerprint density at radius 1 is 1.19 bits per heavy atom. The molecule has 0 heterocycles. The van der Waals surface area contributed by atoms with Crippen LogP contribution in [0.15, 0.2) is 18.2 Å². The van der Waals surface area contributed by atoms with Crippen LogP contribution in [0, 0.1) is 0 Å². The second-order valence-electron chi connectivity index (χ2n) is 7.77. The minimum absolute atomic E-state index is 0.0396. The highest BCUT2D eigenvalue weighted by atomic mass is 16.5. The number of aliphatic carboxylic acids is 1. The van der Waals surface area contributed by atoms with Crippen LogP contribution >= 0.6 is 0 Å². The van der Waals surface area contributed by atoms with Crippen molar-refractivity contribution in [2.75, 3.05) is 19.0 Å². The van der Waals surface area contributed by atoms with Gasteiger partial charge < -0.3 is 30.3 Å². The zero-order valence-corrected chi connectivity index (χ0v) is 19.3. The molecular weight excluding hydrogens is 420 g/mol. The SMILES string of the molecule is CC(C)(C)OC=O.CCOC(=O)[C@H](Cc1ccc(O)c(NC(=O)CCCC(=O)O)c1)NC. The number of carboxylic acids is 1. The molecule has 10 heteroatoms. The number of benzene rings is 1. The third kappa shape index (κ3) is 13.2. The fourth-order valence-corrected chi connectivity index (χ4v) is 2.35. The molecule has 0 aliphatic rings. The lowest BCUT2D eigenvalue weighted by molar-refractivity contribution is -0.145. The monoisotopic (exact) mass is 454 g/mol. The summed E-state index contributed by atoms with van der Waals surface area (Å²) in [7, 11) is 1.65. The minimum atomic E-state index is -0.963. The number of carbonyl (C=O) groups is 4. The Bertz CT molecular complexity index is 759. The van der Waals surface area contributed by atoms with Crippen LogP contribution in [0.5, 0.6) is 5.75 Å². The van der Waals surface area contributed by atoms with Crippen molar-refractivity contribution in [1.29, 1.82) is 0 Å². The van der Waals surface area contributed by atoms with E-state index in [0.29, 0.717) is 12.9 Å². The maximum atomic E-state index is 11.8. The highest BCUT2D eigenvalue weighted by Crippen LogP contribution is 2.25. The summed E-state index contributed by atoms with van der Waals surface area (Å²) in [4.78, 5) is 43.7. The smallest absolute Gasteiger partial charge is 0.323 e. The van der Waals surface area contributed by atoms with Crippen LogP contribution in [0.4, 0.5) is 5.69 Å². The van der Waals surface area contributed by atoms with E-state index in [4.69, 9.17) is 9.84 Å². The number of amides is 1. The molecule has 0 aliphatic heterocycles. The molecule has 0 saturated carbocycles. The summed E-state index contributed by atoms with van der Waals surface area (Å²) in [5.74, 6) is -1.83. The number of phenolic OH excluding ortho intramolecular Hbond substituents is 1. The Morgan fingerprint density at radius 3 is 2.31 bits per heavy atom. The van der Waals surface area contributed by atoms with Gasteiger partial charge in [-0.25, -0.2) is 0 Å². The molecule has 180 valence electrons. The Labute approximate surface area is 188 Å². The number of rotatable bonds is 11. The number of esters is 1. The van der Waals surface area contributed by atoms with Gasteiger partial charge in [0.15, 0.2) is 0 Å². The number of aromatic hydroxyl groups is 1. The molecule has 32 heavy (non-hydrogen) atoms. The molecule has 1 amide bonds. The lowest BCUT2D eigenvalue weighted by atomic mass is 10.0. The Kier molecular flexibility index (Phi) is 13.3. The molecule has 1 atom stereocenters. The summed E-state index contributed by atoms with van der Waals surface area (Å²) in [6, 6.07) is 4.12. The van der Waals surface area contributed by atoms with Gasteiger partial charge in [0.2, 0.25) is 5.91 Å². The molecule has 4 N–H and O–H groups in total. The maximum absolute atomic E-state index is 11.8. The summed E-state index contributed by atoms with van der Waals surface area (Å²) in [5, 5.41) is 23.9. The second-order valence-corrected chi connectivity index (χ2v) is 7.77. The van der Waals surface area contributed by atoms with Crippen molar-refractivity contribution in [1.82, 2.24) is 5.32 Å². The standard InChI is InChI=1S/C17H24N2O6.C5H10O2/c1-3-25-17(24)13(18-2)10-11-7-8-14(20)12(9-11)19-15(21)5-4-6-16(22)23;1-5(2,3)7-4-6/h7-9,13,18,20H,3-6,10H2,1-2H3,(H,19,21)(H,22,23);4H,1-3H3/t13-;/m0./s1. The molecule has 1 aromatic rings. The number of likely N-dealkylation sites (N-methyl/N-ethyl adjacent to an activating group) is 1. The highest BCUT2D eigenvalue weighted by Gasteiger charge is 2.19. The number of carbonyl (C=O) groups excluding carboxylic acids is 3. The van der Waals surface area contributed by atoms with Gasteiger partial charge in [-0.05, 0) is 65.3 Å². The number of hydrogen-bond donors (Lipinski definition) is 4. The van der Waals surface area contributed by atoms with E-state index in [1.165, 1.54) is 6.07 Å². The van der Waals surface area contributed by atoms with Crippen molar-refractivity contribution in [3.8, 4) is 5.75 Å². The van der Waals surface area contributed by atoms with E-state index in [1.54, 1.807) is 26.1 Å². The largest absolute Gasteiger partial charge is 0.506 e. The van der Waals surface area contributed by atoms with Crippen LogP contribution < -0.4 is 10.6 Å². The third-order valence-electron chi connectivity index (χ3n) is 3.89. The first-order valence-corrected chi connectivity index (χ1v) is 10.2. The van der Waals surface area contributed by atoms with Gasteiger partial charge in [0.05, 0.1) is 12.3 Å². The minimum Gasteiger partial charge on any atom is -0.506 e. The molecule has 0 saturated heterocycles. The first-order valence-electron chi connectivity index (χ1n) is 10.2. The fraction of sp³-hybridized carbons (Fsp3) is 0.545. The van der Waals surface area contributed by atoms with Gasteiger partial charge in [0.25, 0.3) is 6.47 Å². The van der Waals surface area contributed by atoms with E-state index in [0.717, 1.165) is 5.56 Å². The fourth-order valence-electron chi connectivity index (χ4n) is 2.35. The normalized spacial score (nSPS) is 11.4. The topological polar surface area (TPSA) is 151 Å². The summed E-state index contributed by atoms with van der Waals surface area (Å²) in [5.41, 5.74) is 0.629. The van der Waals surface area contributed by atoms with E-state index >= 15 is 0 Å². The maximum Gasteiger partial charge on any atom is 0.323 e. The van der Waals surface area contributed by atoms with Crippen molar-refractivity contribution < 1.29 is 38.9 Å². The molecule has 10 nitrogen and oxygen atoms in total. The van der Waals surface area contributed by atoms with Crippen LogP contribution in [0.1, 0.15) is 52.5 Å². The Hall–Kier alpha value is -3.14. The Morgan fingerprint density at radius 2 is 1.84 bits per heavy atom. The van der Waals surface area contributed by atoms with Gasteiger partial charge in [0, 0.05) is 12.8 Å². The lowest BCUT2D eigenvalue weighted by Crippen LogP contribution is -2.37. The van der Waals surface area contributed by atoms with Crippen molar-refractivity contribution in [3.05, 3.63) is 23.8 Å². The van der Waals surface area contributed by atoms with Crippen molar-refractivity contribution in [2.45, 2.75) is 65.0 Å². The zero-order valence-electron chi connectivity index (χ0n) is 19.3. The van der Waals surface area contributed by atoms with E-state index < -0.39 is 12.0 Å². The van der Waals surface area contributed by atoms with E-state index in [-0.39, 0.29) is 54.8 Å². The van der Waals surface area contributed by atoms with Crippen LogP contribution in [0.3, 0.4) is 0 Å². The molecule has 1 rings (SSSR count). The predicted octanol–water partition coefficient (Wildman–Crippen LogP) is 2.24. The van der Waals surface area contributed by atoms with Gasteiger partial charge in [-0.3, -0.25) is 19.2 Å². The second kappa shape index (κ2) is 14.8. The highest BCUT2D eigenvalue weighted by molar-refractivity contribution is 5.92. The number of anilines is 1. The predicted molar refractivity (Wildman–Crippen MR) is 118 cm³/mol. The molecule has 1 aromatic carbocycles. The first-order chi connectivity index (χ1) is 14.9. The van der Waals surface area contributed by atoms with E-state index in [2.05, 4.69) is 15.4 Å². The number of phenols is 1. The summed E-state index contributed by atoms with van der Waals surface area (Å²) >= 11 is 0. The van der Waals surface area contributed by atoms with Crippen molar-refractivity contribution in [3.63, 3.8) is 0 Å². The summed E-state index contributed by atoms with van der Waals surface area (Å²) in [6.45, 7) is 7.93. The molecule has 0 aromatic heterocycles. The van der Waals surface area contributed by atoms with Gasteiger partial charge in [-0.1, -0.05) is 6.07 Å². The molecular formula is C22H34N2O8. The lowest BCUT2D eigenvalue weighted by Gasteiger charge is -2.16. The van der Waals surface area contributed by atoms with Gasteiger partial charge in [-0.15, -0.1) is 0 Å². The molecule has 0 unspecified atom stereocenters.